The van der Waals surface area contributed by atoms with Gasteiger partial charge in [-0.15, -0.1) is 11.3 Å². The van der Waals surface area contributed by atoms with E-state index in [9.17, 15) is 4.79 Å². The minimum atomic E-state index is -0.411. The van der Waals surface area contributed by atoms with Crippen molar-refractivity contribution >= 4 is 34.7 Å². The van der Waals surface area contributed by atoms with Crippen molar-refractivity contribution in [3.05, 3.63) is 40.1 Å². The van der Waals surface area contributed by atoms with E-state index in [1.54, 1.807) is 19.1 Å². The van der Waals surface area contributed by atoms with Gasteiger partial charge in [0.2, 0.25) is 0 Å². The van der Waals surface area contributed by atoms with Crippen LogP contribution in [0.2, 0.25) is 4.34 Å². The number of hydrogen-bond donors (Lipinski definition) is 1. The highest BCUT2D eigenvalue weighted by Gasteiger charge is 2.15. The second-order valence-corrected chi connectivity index (χ2v) is 5.67. The van der Waals surface area contributed by atoms with Crippen LogP contribution in [-0.4, -0.2) is 16.2 Å². The van der Waals surface area contributed by atoms with Crippen molar-refractivity contribution in [2.24, 2.45) is 0 Å². The molecule has 1 amide bonds. The van der Waals surface area contributed by atoms with E-state index in [-0.39, 0.29) is 5.69 Å². The first kappa shape index (κ1) is 12.9. The van der Waals surface area contributed by atoms with Crippen LogP contribution in [0.4, 0.5) is 5.82 Å². The third-order valence-electron chi connectivity index (χ3n) is 2.43. The summed E-state index contributed by atoms with van der Waals surface area (Å²) >= 11 is 7.22. The topological polar surface area (TPSA) is 81.2 Å². The number of carbonyl (C=O) groups is 1. The van der Waals surface area contributed by atoms with Gasteiger partial charge in [0.25, 0.3) is 5.91 Å². The lowest BCUT2D eigenvalue weighted by Gasteiger charge is -1.94. The smallest absolute Gasteiger partial charge is 0.279 e. The molecule has 0 aliphatic heterocycles. The Morgan fingerprint density at radius 3 is 2.80 bits per heavy atom. The van der Waals surface area contributed by atoms with E-state index in [2.05, 4.69) is 15.6 Å². The van der Waals surface area contributed by atoms with Crippen molar-refractivity contribution in [2.75, 3.05) is 5.32 Å². The molecule has 8 heteroatoms. The molecule has 0 aliphatic rings. The summed E-state index contributed by atoms with van der Waals surface area (Å²) in [7, 11) is 0. The van der Waals surface area contributed by atoms with Gasteiger partial charge in [0.05, 0.1) is 9.21 Å². The monoisotopic (exact) mass is 309 g/mol. The summed E-state index contributed by atoms with van der Waals surface area (Å²) in [6, 6.07) is 6.74. The van der Waals surface area contributed by atoms with Gasteiger partial charge in [-0.1, -0.05) is 21.9 Å². The third kappa shape index (κ3) is 2.59. The summed E-state index contributed by atoms with van der Waals surface area (Å²) in [6.45, 7) is 1.71. The van der Waals surface area contributed by atoms with Crippen LogP contribution in [0.25, 0.3) is 10.6 Å². The standard InChI is InChI=1S/C12H8ClN3O3S/c1-6-4-7(15-18-6)12(17)14-11-5-8(19-16-11)9-2-3-10(13)20-9/h2-5H,1H3,(H,14,16,17). The third-order valence-corrected chi connectivity index (χ3v) is 3.67. The number of aromatic nitrogens is 2. The van der Waals surface area contributed by atoms with Gasteiger partial charge in [-0.3, -0.25) is 4.79 Å². The normalized spacial score (nSPS) is 10.7. The molecule has 0 aliphatic carbocycles. The van der Waals surface area contributed by atoms with Crippen LogP contribution in [0.3, 0.4) is 0 Å². The zero-order valence-corrected chi connectivity index (χ0v) is 11.8. The average Bonchev–Trinajstić information content (AvgIpc) is 3.10. The first-order valence-corrected chi connectivity index (χ1v) is 6.78. The number of rotatable bonds is 3. The summed E-state index contributed by atoms with van der Waals surface area (Å²) in [5, 5.41) is 9.97. The molecule has 0 unspecified atom stereocenters. The van der Waals surface area contributed by atoms with Crippen molar-refractivity contribution in [3.63, 3.8) is 0 Å². The summed E-state index contributed by atoms with van der Waals surface area (Å²) in [6.07, 6.45) is 0. The Morgan fingerprint density at radius 1 is 1.30 bits per heavy atom. The van der Waals surface area contributed by atoms with E-state index in [0.29, 0.717) is 21.7 Å². The molecule has 0 bridgehead atoms. The highest BCUT2D eigenvalue weighted by molar-refractivity contribution is 7.19. The predicted molar refractivity (Wildman–Crippen MR) is 74.0 cm³/mol. The Hall–Kier alpha value is -2.12. The van der Waals surface area contributed by atoms with Crippen molar-refractivity contribution in [1.29, 1.82) is 0 Å². The molecule has 0 fully saturated rings. The Labute approximate surface area is 122 Å². The molecule has 0 saturated heterocycles. The average molecular weight is 310 g/mol. The van der Waals surface area contributed by atoms with Gasteiger partial charge < -0.3 is 14.4 Å². The lowest BCUT2D eigenvalue weighted by Crippen LogP contribution is -2.12. The number of nitrogens with zero attached hydrogens (tertiary/aromatic N) is 2. The van der Waals surface area contributed by atoms with Crippen LogP contribution >= 0.6 is 22.9 Å². The van der Waals surface area contributed by atoms with E-state index in [0.717, 1.165) is 4.88 Å². The zero-order valence-electron chi connectivity index (χ0n) is 10.2. The lowest BCUT2D eigenvalue weighted by atomic mass is 10.3. The van der Waals surface area contributed by atoms with Crippen LogP contribution in [0.5, 0.6) is 0 Å². The number of aryl methyl sites for hydroxylation is 1. The second-order valence-electron chi connectivity index (χ2n) is 3.96. The van der Waals surface area contributed by atoms with E-state index in [4.69, 9.17) is 20.6 Å². The maximum Gasteiger partial charge on any atom is 0.279 e. The molecule has 3 rings (SSSR count). The number of amides is 1. The second kappa shape index (κ2) is 5.10. The van der Waals surface area contributed by atoms with E-state index >= 15 is 0 Å². The SMILES string of the molecule is Cc1cc(C(=O)Nc2cc(-c3ccc(Cl)s3)on2)no1. The predicted octanol–water partition coefficient (Wildman–Crippen LogP) is 3.61. The van der Waals surface area contributed by atoms with Crippen molar-refractivity contribution in [2.45, 2.75) is 6.92 Å². The number of halogens is 1. The number of carbonyl (C=O) groups excluding carboxylic acids is 1. The Morgan fingerprint density at radius 2 is 2.15 bits per heavy atom. The first-order valence-electron chi connectivity index (χ1n) is 5.59. The number of hydrogen-bond acceptors (Lipinski definition) is 6. The molecule has 0 saturated carbocycles. The lowest BCUT2D eigenvalue weighted by molar-refractivity contribution is 0.101. The molecule has 0 spiro atoms. The van der Waals surface area contributed by atoms with Gasteiger partial charge >= 0.3 is 0 Å². The Bertz CT molecular complexity index is 761. The van der Waals surface area contributed by atoms with Crippen LogP contribution in [-0.2, 0) is 0 Å². The molecule has 1 N–H and O–H groups in total. The molecule has 0 atom stereocenters. The molecule has 0 aromatic carbocycles. The maximum absolute atomic E-state index is 11.8. The molecule has 3 aromatic rings. The van der Waals surface area contributed by atoms with Gasteiger partial charge in [-0.05, 0) is 19.1 Å². The van der Waals surface area contributed by atoms with Crippen LogP contribution < -0.4 is 5.32 Å². The van der Waals surface area contributed by atoms with Gasteiger partial charge in [0, 0.05) is 12.1 Å². The molecular formula is C12H8ClN3O3S. The maximum atomic E-state index is 11.8. The number of thiophene rings is 1. The Kier molecular flexibility index (Phi) is 3.29. The molecule has 3 heterocycles. The fraction of sp³-hybridized carbons (Fsp3) is 0.0833. The fourth-order valence-electron chi connectivity index (χ4n) is 1.55. The van der Waals surface area contributed by atoms with Crippen LogP contribution in [0.1, 0.15) is 16.2 Å². The Balaban J connectivity index is 1.76. The van der Waals surface area contributed by atoms with Gasteiger partial charge in [-0.25, -0.2) is 0 Å². The van der Waals surface area contributed by atoms with Crippen molar-refractivity contribution in [3.8, 4) is 10.6 Å². The quantitative estimate of drug-likeness (QED) is 0.799. The van der Waals surface area contributed by atoms with Crippen molar-refractivity contribution < 1.29 is 13.8 Å². The summed E-state index contributed by atoms with van der Waals surface area (Å²) in [5.41, 5.74) is 0.186. The molecule has 20 heavy (non-hydrogen) atoms. The molecule has 6 nitrogen and oxygen atoms in total. The van der Waals surface area contributed by atoms with Crippen molar-refractivity contribution in [1.82, 2.24) is 10.3 Å². The number of nitrogens with one attached hydrogen (secondary N) is 1. The molecule has 3 aromatic heterocycles. The van der Waals surface area contributed by atoms with Crippen LogP contribution in [0, 0.1) is 6.92 Å². The largest absolute Gasteiger partial charge is 0.361 e. The number of anilines is 1. The summed E-state index contributed by atoms with van der Waals surface area (Å²) in [4.78, 5) is 12.7. The van der Waals surface area contributed by atoms with Gasteiger partial charge in [0.15, 0.2) is 17.3 Å². The van der Waals surface area contributed by atoms with E-state index in [1.165, 1.54) is 17.4 Å². The molecular weight excluding hydrogens is 302 g/mol. The zero-order chi connectivity index (χ0) is 14.1. The summed E-state index contributed by atoms with van der Waals surface area (Å²) in [5.74, 6) is 0.985. The van der Waals surface area contributed by atoms with E-state index < -0.39 is 5.91 Å². The summed E-state index contributed by atoms with van der Waals surface area (Å²) < 4.78 is 10.6. The first-order chi connectivity index (χ1) is 9.61. The molecule has 102 valence electrons. The van der Waals surface area contributed by atoms with E-state index in [1.807, 2.05) is 6.07 Å². The van der Waals surface area contributed by atoms with Crippen LogP contribution in [0.15, 0.2) is 33.3 Å². The van der Waals surface area contributed by atoms with Gasteiger partial charge in [0.1, 0.15) is 5.76 Å². The highest BCUT2D eigenvalue weighted by atomic mass is 35.5. The highest BCUT2D eigenvalue weighted by Crippen LogP contribution is 2.32. The minimum Gasteiger partial charge on any atom is -0.361 e. The molecule has 0 radical (unpaired) electrons. The minimum absolute atomic E-state index is 0.186. The van der Waals surface area contributed by atoms with Gasteiger partial charge in [-0.2, -0.15) is 0 Å². The fourth-order valence-corrected chi connectivity index (χ4v) is 2.54.